The summed E-state index contributed by atoms with van der Waals surface area (Å²) in [5.74, 6) is 0. The molecule has 0 heterocycles. The molecule has 0 aliphatic heterocycles. The van der Waals surface area contributed by atoms with Crippen LogP contribution in [0.3, 0.4) is 0 Å². The normalized spacial score (nSPS) is 11.9. The second-order valence-corrected chi connectivity index (χ2v) is 5.08. The van der Waals surface area contributed by atoms with Crippen LogP contribution in [0, 0.1) is 6.92 Å². The average molecular weight is 249 g/mol. The molecule has 0 unspecified atom stereocenters. The molecule has 0 saturated carbocycles. The maximum Gasteiger partial charge on any atom is -0.0169 e. The fourth-order valence-corrected chi connectivity index (χ4v) is 1.97. The van der Waals surface area contributed by atoms with E-state index in [2.05, 4.69) is 38.2 Å². The quantitative estimate of drug-likeness (QED) is 0.254. The van der Waals surface area contributed by atoms with Crippen molar-refractivity contribution in [1.82, 2.24) is 0 Å². The molecule has 0 aliphatic rings. The van der Waals surface area contributed by atoms with Crippen molar-refractivity contribution in [2.24, 2.45) is 0 Å². The first-order valence-electron chi connectivity index (χ1n) is 8.01. The van der Waals surface area contributed by atoms with Crippen molar-refractivity contribution in [3.8, 4) is 0 Å². The van der Waals surface area contributed by atoms with Gasteiger partial charge < -0.3 is 0 Å². The Morgan fingerprint density at radius 2 is 1.22 bits per heavy atom. The molecule has 0 N–H and O–H groups in total. The van der Waals surface area contributed by atoms with E-state index in [1.807, 2.05) is 0 Å². The molecule has 0 rings (SSSR count). The first-order chi connectivity index (χ1) is 8.91. The van der Waals surface area contributed by atoms with E-state index in [9.17, 15) is 0 Å². The van der Waals surface area contributed by atoms with Crippen molar-refractivity contribution in [3.63, 3.8) is 0 Å². The van der Waals surface area contributed by atoms with Gasteiger partial charge in [0.2, 0.25) is 0 Å². The van der Waals surface area contributed by atoms with Crippen LogP contribution >= 0.6 is 0 Å². The van der Waals surface area contributed by atoms with Crippen molar-refractivity contribution in [2.45, 2.75) is 84.0 Å². The number of unbranched alkanes of at least 4 members (excludes halogenated alkanes) is 9. The van der Waals surface area contributed by atoms with Gasteiger partial charge in [-0.1, -0.05) is 89.5 Å². The zero-order valence-corrected chi connectivity index (χ0v) is 12.5. The molecule has 0 aromatic heterocycles. The minimum Gasteiger partial charge on any atom is -0.0882 e. The zero-order valence-electron chi connectivity index (χ0n) is 12.5. The lowest BCUT2D eigenvalue weighted by atomic mass is 10.1. The highest BCUT2D eigenvalue weighted by Crippen LogP contribution is 2.08. The second-order valence-electron chi connectivity index (χ2n) is 5.08. The Morgan fingerprint density at radius 1 is 0.667 bits per heavy atom. The first-order valence-corrected chi connectivity index (χ1v) is 8.01. The fraction of sp³-hybridized carbons (Fsp3) is 0.722. The maximum absolute atomic E-state index is 3.87. The molecule has 0 heteroatoms. The van der Waals surface area contributed by atoms with Crippen LogP contribution in [-0.4, -0.2) is 0 Å². The van der Waals surface area contributed by atoms with Crippen molar-refractivity contribution in [1.29, 1.82) is 0 Å². The summed E-state index contributed by atoms with van der Waals surface area (Å²) in [6.07, 6.45) is 24.9. The Kier molecular flexibility index (Phi) is 16.0. The van der Waals surface area contributed by atoms with Crippen LogP contribution in [0.4, 0.5) is 0 Å². The lowest BCUT2D eigenvalue weighted by Crippen LogP contribution is -1.78. The molecule has 0 aromatic rings. The Morgan fingerprint density at radius 3 is 1.83 bits per heavy atom. The number of rotatable bonds is 13. The molecule has 0 aliphatic carbocycles. The molecule has 0 nitrogen and oxygen atoms in total. The van der Waals surface area contributed by atoms with E-state index in [-0.39, 0.29) is 0 Å². The van der Waals surface area contributed by atoms with Crippen LogP contribution in [0.1, 0.15) is 84.0 Å². The summed E-state index contributed by atoms with van der Waals surface area (Å²) in [4.78, 5) is 0. The summed E-state index contributed by atoms with van der Waals surface area (Å²) in [7, 11) is 0. The molecule has 105 valence electrons. The van der Waals surface area contributed by atoms with Crippen molar-refractivity contribution >= 4 is 0 Å². The van der Waals surface area contributed by atoms with Crippen LogP contribution in [0.2, 0.25) is 0 Å². The predicted octanol–water partition coefficient (Wildman–Crippen LogP) is 6.63. The monoisotopic (exact) mass is 249 g/mol. The second kappa shape index (κ2) is 16.5. The third-order valence-corrected chi connectivity index (χ3v) is 3.20. The van der Waals surface area contributed by atoms with Gasteiger partial charge in [0.1, 0.15) is 0 Å². The summed E-state index contributed by atoms with van der Waals surface area (Å²) in [5, 5.41) is 0. The molecular formula is C18H33. The fourth-order valence-electron chi connectivity index (χ4n) is 1.97. The molecule has 0 fully saturated rings. The van der Waals surface area contributed by atoms with Crippen LogP contribution in [-0.2, 0) is 0 Å². The van der Waals surface area contributed by atoms with Gasteiger partial charge in [0.25, 0.3) is 0 Å². The SMILES string of the molecule is [CH2]CCCCCCCCC=CCC=CCCCC. The van der Waals surface area contributed by atoms with Gasteiger partial charge in [-0.25, -0.2) is 0 Å². The number of hydrogen-bond acceptors (Lipinski definition) is 0. The third-order valence-electron chi connectivity index (χ3n) is 3.20. The smallest absolute Gasteiger partial charge is 0.0169 e. The summed E-state index contributed by atoms with van der Waals surface area (Å²) in [5.41, 5.74) is 0. The lowest BCUT2D eigenvalue weighted by molar-refractivity contribution is 0.599. The van der Waals surface area contributed by atoms with Gasteiger partial charge in [-0.15, -0.1) is 0 Å². The first kappa shape index (κ1) is 17.5. The largest absolute Gasteiger partial charge is 0.0882 e. The van der Waals surface area contributed by atoms with Gasteiger partial charge in [0.05, 0.1) is 0 Å². The van der Waals surface area contributed by atoms with Crippen LogP contribution < -0.4 is 0 Å². The molecule has 0 aromatic carbocycles. The standard InChI is InChI=1S/C18H33/c1-3-5-7-9-11-13-15-17-18-16-14-12-10-8-6-4-2/h10,12,16,18H,1,3-9,11,13-15,17H2,2H3. The minimum absolute atomic E-state index is 1.11. The van der Waals surface area contributed by atoms with E-state index >= 15 is 0 Å². The Balaban J connectivity index is 3.11. The number of allylic oxidation sites excluding steroid dienone is 4. The van der Waals surface area contributed by atoms with Gasteiger partial charge in [0.15, 0.2) is 0 Å². The van der Waals surface area contributed by atoms with Gasteiger partial charge in [-0.05, 0) is 25.7 Å². The van der Waals surface area contributed by atoms with E-state index in [1.165, 1.54) is 64.2 Å². The zero-order chi connectivity index (χ0) is 13.3. The Labute approximate surface area is 116 Å². The minimum atomic E-state index is 1.11. The third kappa shape index (κ3) is 15.5. The molecule has 1 radical (unpaired) electrons. The molecule has 18 heavy (non-hydrogen) atoms. The average Bonchev–Trinajstić information content (AvgIpc) is 2.39. The van der Waals surface area contributed by atoms with E-state index in [4.69, 9.17) is 0 Å². The Bertz CT molecular complexity index is 188. The van der Waals surface area contributed by atoms with Crippen molar-refractivity contribution < 1.29 is 0 Å². The summed E-state index contributed by atoms with van der Waals surface area (Å²) >= 11 is 0. The van der Waals surface area contributed by atoms with Crippen LogP contribution in [0.25, 0.3) is 0 Å². The van der Waals surface area contributed by atoms with Gasteiger partial charge in [0, 0.05) is 0 Å². The summed E-state index contributed by atoms with van der Waals surface area (Å²) < 4.78 is 0. The highest BCUT2D eigenvalue weighted by molar-refractivity contribution is 4.92. The van der Waals surface area contributed by atoms with Gasteiger partial charge in [-0.2, -0.15) is 0 Å². The predicted molar refractivity (Wildman–Crippen MR) is 84.7 cm³/mol. The molecule has 0 bridgehead atoms. The Hall–Kier alpha value is -0.520. The van der Waals surface area contributed by atoms with Crippen molar-refractivity contribution in [2.75, 3.05) is 0 Å². The van der Waals surface area contributed by atoms with E-state index in [0.29, 0.717) is 0 Å². The van der Waals surface area contributed by atoms with Crippen LogP contribution in [0.5, 0.6) is 0 Å². The van der Waals surface area contributed by atoms with Gasteiger partial charge in [-0.3, -0.25) is 0 Å². The van der Waals surface area contributed by atoms with E-state index in [1.54, 1.807) is 0 Å². The molecule has 0 spiro atoms. The highest BCUT2D eigenvalue weighted by Gasteiger charge is 1.89. The molecule has 0 atom stereocenters. The summed E-state index contributed by atoms with van der Waals surface area (Å²) in [6, 6.07) is 0. The van der Waals surface area contributed by atoms with Crippen molar-refractivity contribution in [3.05, 3.63) is 31.2 Å². The maximum atomic E-state index is 3.87. The van der Waals surface area contributed by atoms with Crippen LogP contribution in [0.15, 0.2) is 24.3 Å². The highest BCUT2D eigenvalue weighted by atomic mass is 13.9. The van der Waals surface area contributed by atoms with Gasteiger partial charge >= 0.3 is 0 Å². The van der Waals surface area contributed by atoms with E-state index < -0.39 is 0 Å². The lowest BCUT2D eigenvalue weighted by Gasteiger charge is -1.98. The molecule has 0 amide bonds. The van der Waals surface area contributed by atoms with E-state index in [0.717, 1.165) is 12.8 Å². The topological polar surface area (TPSA) is 0 Å². The molecule has 0 saturated heterocycles. The molecular weight excluding hydrogens is 216 g/mol. The summed E-state index contributed by atoms with van der Waals surface area (Å²) in [6.45, 7) is 6.11. The number of hydrogen-bond donors (Lipinski definition) is 0.